The van der Waals surface area contributed by atoms with Crippen molar-refractivity contribution in [2.75, 3.05) is 6.61 Å². The van der Waals surface area contributed by atoms with Crippen molar-refractivity contribution in [2.45, 2.75) is 64.2 Å². The summed E-state index contributed by atoms with van der Waals surface area (Å²) >= 11 is 0. The number of ether oxygens (including phenoxy) is 1. The van der Waals surface area contributed by atoms with Crippen LogP contribution < -0.4 is 4.74 Å². The number of carboxylic acids is 1. The second-order valence-corrected chi connectivity index (χ2v) is 7.20. The average molecular weight is 369 g/mol. The van der Waals surface area contributed by atoms with Crippen molar-refractivity contribution in [3.05, 3.63) is 54.6 Å². The van der Waals surface area contributed by atoms with Gasteiger partial charge >= 0.3 is 5.97 Å². The molecule has 146 valence electrons. The van der Waals surface area contributed by atoms with Crippen LogP contribution in [-0.4, -0.2) is 17.7 Å². The molecule has 2 aromatic rings. The molecule has 3 heteroatoms. The minimum absolute atomic E-state index is 0.334. The molecule has 1 N–H and O–H groups in total. The van der Waals surface area contributed by atoms with Gasteiger partial charge in [-0.05, 0) is 42.2 Å². The smallest absolute Gasteiger partial charge is 0.330 e. The van der Waals surface area contributed by atoms with Gasteiger partial charge < -0.3 is 9.84 Å². The molecule has 0 heterocycles. The van der Waals surface area contributed by atoms with Crippen molar-refractivity contribution in [1.29, 1.82) is 0 Å². The number of fused-ring (bicyclic) bond motifs is 1. The lowest BCUT2D eigenvalue weighted by Crippen LogP contribution is -1.98. The third-order valence-electron chi connectivity index (χ3n) is 4.92. The zero-order valence-corrected chi connectivity index (χ0v) is 16.3. The van der Waals surface area contributed by atoms with E-state index >= 15 is 0 Å². The molecular formula is C24H32O3. The van der Waals surface area contributed by atoms with Crippen LogP contribution in [0.3, 0.4) is 0 Å². The zero-order chi connectivity index (χ0) is 19.3. The molecule has 2 rings (SSSR count). The number of hydrogen-bond acceptors (Lipinski definition) is 2. The predicted molar refractivity (Wildman–Crippen MR) is 112 cm³/mol. The molecule has 0 aliphatic rings. The predicted octanol–water partition coefficient (Wildman–Crippen LogP) is 6.76. The third-order valence-corrected chi connectivity index (χ3v) is 4.92. The monoisotopic (exact) mass is 368 g/mol. The molecule has 0 bridgehead atoms. The summed E-state index contributed by atoms with van der Waals surface area (Å²) in [5, 5.41) is 11.2. The first-order valence-corrected chi connectivity index (χ1v) is 10.2. The number of unbranched alkanes of at least 4 members (excludes halogenated alkanes) is 8. The van der Waals surface area contributed by atoms with Crippen LogP contribution in [0.4, 0.5) is 0 Å². The number of aliphatic carboxylic acids is 1. The Labute approximate surface area is 163 Å². The van der Waals surface area contributed by atoms with Crippen molar-refractivity contribution in [2.24, 2.45) is 0 Å². The Hall–Kier alpha value is -2.29. The first-order chi connectivity index (χ1) is 13.2. The number of hydrogen-bond donors (Lipinski definition) is 1. The summed E-state index contributed by atoms with van der Waals surface area (Å²) in [5.41, 5.74) is 0.334. The summed E-state index contributed by atoms with van der Waals surface area (Å²) in [6.07, 6.45) is 11.2. The van der Waals surface area contributed by atoms with Crippen molar-refractivity contribution in [1.82, 2.24) is 0 Å². The molecule has 0 unspecified atom stereocenters. The highest BCUT2D eigenvalue weighted by Crippen LogP contribution is 2.21. The molecular weight excluding hydrogens is 336 g/mol. The van der Waals surface area contributed by atoms with Gasteiger partial charge in [0.15, 0.2) is 0 Å². The first-order valence-electron chi connectivity index (χ1n) is 10.2. The number of carboxylic acid groups (broad SMARTS) is 1. The Balaban J connectivity index is 1.42. The summed E-state index contributed by atoms with van der Waals surface area (Å²) in [6, 6.07) is 14.6. The Morgan fingerprint density at radius 2 is 1.41 bits per heavy atom. The molecule has 27 heavy (non-hydrogen) atoms. The maximum Gasteiger partial charge on any atom is 0.330 e. The molecule has 0 atom stereocenters. The van der Waals surface area contributed by atoms with Gasteiger partial charge in [0.1, 0.15) is 5.75 Å². The van der Waals surface area contributed by atoms with Crippen LogP contribution in [0.25, 0.3) is 10.8 Å². The van der Waals surface area contributed by atoms with E-state index in [9.17, 15) is 4.79 Å². The number of rotatable bonds is 14. The topological polar surface area (TPSA) is 46.5 Å². The lowest BCUT2D eigenvalue weighted by molar-refractivity contribution is -0.132. The lowest BCUT2D eigenvalue weighted by atomic mass is 10.0. The van der Waals surface area contributed by atoms with Gasteiger partial charge in [-0.3, -0.25) is 0 Å². The van der Waals surface area contributed by atoms with E-state index < -0.39 is 5.97 Å². The van der Waals surface area contributed by atoms with E-state index in [1.54, 1.807) is 0 Å². The van der Waals surface area contributed by atoms with Crippen LogP contribution in [0.1, 0.15) is 64.2 Å². The van der Waals surface area contributed by atoms with E-state index in [1.807, 2.05) is 6.07 Å². The van der Waals surface area contributed by atoms with E-state index in [-0.39, 0.29) is 0 Å². The summed E-state index contributed by atoms with van der Waals surface area (Å²) in [4.78, 5) is 10.6. The third kappa shape index (κ3) is 8.29. The fourth-order valence-electron chi connectivity index (χ4n) is 3.23. The minimum Gasteiger partial charge on any atom is -0.494 e. The SMILES string of the molecule is C=C(CCCCCCCCCCCOc1ccc2ccccc2c1)C(=O)O. The van der Waals surface area contributed by atoms with Crippen LogP contribution in [0, 0.1) is 0 Å². The quantitative estimate of drug-likeness (QED) is 0.296. The highest BCUT2D eigenvalue weighted by atomic mass is 16.5. The molecule has 0 aliphatic carbocycles. The molecule has 3 nitrogen and oxygen atoms in total. The van der Waals surface area contributed by atoms with Crippen LogP contribution in [0.2, 0.25) is 0 Å². The second kappa shape index (κ2) is 12.2. The number of benzene rings is 2. The van der Waals surface area contributed by atoms with E-state index in [2.05, 4.69) is 43.0 Å². The van der Waals surface area contributed by atoms with Gasteiger partial charge in [0.2, 0.25) is 0 Å². The lowest BCUT2D eigenvalue weighted by Gasteiger charge is -2.07. The average Bonchev–Trinajstić information content (AvgIpc) is 2.68. The van der Waals surface area contributed by atoms with Gasteiger partial charge in [0.25, 0.3) is 0 Å². The molecule has 0 spiro atoms. The highest BCUT2D eigenvalue weighted by Gasteiger charge is 2.02. The van der Waals surface area contributed by atoms with Gasteiger partial charge in [0, 0.05) is 5.57 Å². The van der Waals surface area contributed by atoms with Crippen molar-refractivity contribution < 1.29 is 14.6 Å². The van der Waals surface area contributed by atoms with Crippen molar-refractivity contribution in [3.63, 3.8) is 0 Å². The Morgan fingerprint density at radius 3 is 2.07 bits per heavy atom. The van der Waals surface area contributed by atoms with Crippen LogP contribution >= 0.6 is 0 Å². The molecule has 0 radical (unpaired) electrons. The largest absolute Gasteiger partial charge is 0.494 e. The van der Waals surface area contributed by atoms with Crippen molar-refractivity contribution >= 4 is 16.7 Å². The van der Waals surface area contributed by atoms with Gasteiger partial charge in [0.05, 0.1) is 6.61 Å². The zero-order valence-electron chi connectivity index (χ0n) is 16.3. The van der Waals surface area contributed by atoms with Gasteiger partial charge in [-0.1, -0.05) is 81.9 Å². The molecule has 0 fully saturated rings. The van der Waals surface area contributed by atoms with Crippen LogP contribution in [0.5, 0.6) is 5.75 Å². The first kappa shape index (κ1) is 21.0. The molecule has 0 saturated heterocycles. The summed E-state index contributed by atoms with van der Waals surface area (Å²) in [6.45, 7) is 4.34. The number of carbonyl (C=O) groups is 1. The summed E-state index contributed by atoms with van der Waals surface area (Å²) in [5.74, 6) is 0.0962. The Kier molecular flexibility index (Phi) is 9.47. The Bertz CT molecular complexity index is 720. The Morgan fingerprint density at radius 1 is 0.815 bits per heavy atom. The molecule has 0 saturated carbocycles. The highest BCUT2D eigenvalue weighted by molar-refractivity contribution is 5.85. The fraction of sp³-hybridized carbons (Fsp3) is 0.458. The van der Waals surface area contributed by atoms with E-state index in [0.717, 1.165) is 31.6 Å². The van der Waals surface area contributed by atoms with E-state index in [4.69, 9.17) is 9.84 Å². The molecule has 0 aromatic heterocycles. The van der Waals surface area contributed by atoms with Crippen LogP contribution in [0.15, 0.2) is 54.6 Å². The van der Waals surface area contributed by atoms with Gasteiger partial charge in [-0.25, -0.2) is 4.79 Å². The van der Waals surface area contributed by atoms with E-state index in [1.165, 1.54) is 49.3 Å². The summed E-state index contributed by atoms with van der Waals surface area (Å²) < 4.78 is 5.87. The second-order valence-electron chi connectivity index (χ2n) is 7.20. The normalized spacial score (nSPS) is 10.8. The van der Waals surface area contributed by atoms with Gasteiger partial charge in [-0.2, -0.15) is 0 Å². The minimum atomic E-state index is -0.861. The van der Waals surface area contributed by atoms with Crippen molar-refractivity contribution in [3.8, 4) is 5.75 Å². The van der Waals surface area contributed by atoms with E-state index in [0.29, 0.717) is 12.0 Å². The van der Waals surface area contributed by atoms with Crippen LogP contribution in [-0.2, 0) is 4.79 Å². The fourth-order valence-corrected chi connectivity index (χ4v) is 3.23. The maximum atomic E-state index is 10.6. The molecule has 0 aliphatic heterocycles. The summed E-state index contributed by atoms with van der Waals surface area (Å²) in [7, 11) is 0. The van der Waals surface area contributed by atoms with Gasteiger partial charge in [-0.15, -0.1) is 0 Å². The maximum absolute atomic E-state index is 10.6. The molecule has 0 amide bonds. The standard InChI is InChI=1S/C24H32O3/c1-20(24(25)26)13-9-7-5-3-2-4-6-8-12-18-27-23-17-16-21-14-10-11-15-22(21)19-23/h10-11,14-17,19H,1-9,12-13,18H2,(H,25,26). The molecule has 2 aromatic carbocycles.